The van der Waals surface area contributed by atoms with E-state index < -0.39 is 0 Å². The average molecular weight is 415 g/mol. The molecule has 1 atom stereocenters. The van der Waals surface area contributed by atoms with E-state index in [1.807, 2.05) is 12.1 Å². The highest BCUT2D eigenvalue weighted by molar-refractivity contribution is 8.14. The molecular weight excluding hydrogens is 401 g/mol. The minimum Gasteiger partial charge on any atom is -0.307 e. The lowest BCUT2D eigenvalue weighted by Crippen LogP contribution is -2.36. The lowest BCUT2D eigenvalue weighted by atomic mass is 10.3. The van der Waals surface area contributed by atoms with Crippen LogP contribution in [0.4, 0.5) is 16.2 Å². The number of urea groups is 1. The van der Waals surface area contributed by atoms with Crippen molar-refractivity contribution in [3.05, 3.63) is 57.5 Å². The first-order valence-electron chi connectivity index (χ1n) is 7.47. The van der Waals surface area contributed by atoms with Crippen LogP contribution in [-0.2, 0) is 0 Å². The first kappa shape index (κ1) is 18.4. The van der Waals surface area contributed by atoms with Crippen molar-refractivity contribution in [2.75, 3.05) is 11.9 Å². The Bertz CT molecular complexity index is 826. The SMILES string of the molecule is CC1CN(C(=O)Nc2ccc(Cl)c(Cl)c2)C(=Nc2ccc(Cl)cc2)S1. The molecule has 0 bridgehead atoms. The average Bonchev–Trinajstić information content (AvgIpc) is 2.94. The zero-order valence-corrected chi connectivity index (χ0v) is 16.3. The van der Waals surface area contributed by atoms with Crippen LogP contribution in [0.3, 0.4) is 0 Å². The number of aliphatic imine (C=N–C) groups is 1. The summed E-state index contributed by atoms with van der Waals surface area (Å²) in [4.78, 5) is 18.8. The minimum absolute atomic E-state index is 0.255. The number of thioether (sulfide) groups is 1. The van der Waals surface area contributed by atoms with Gasteiger partial charge in [0.1, 0.15) is 0 Å². The van der Waals surface area contributed by atoms with E-state index in [9.17, 15) is 4.79 Å². The fraction of sp³-hybridized carbons (Fsp3) is 0.176. The Morgan fingerprint density at radius 1 is 1.16 bits per heavy atom. The summed E-state index contributed by atoms with van der Waals surface area (Å²) in [5, 5.41) is 5.20. The van der Waals surface area contributed by atoms with Crippen LogP contribution in [0, 0.1) is 0 Å². The maximum Gasteiger partial charge on any atom is 0.327 e. The predicted octanol–water partition coefficient (Wildman–Crippen LogP) is 6.30. The third-order valence-electron chi connectivity index (χ3n) is 3.44. The lowest BCUT2D eigenvalue weighted by Gasteiger charge is -2.17. The maximum atomic E-state index is 12.6. The molecular formula is C17H14Cl3N3OS. The molecule has 1 heterocycles. The molecule has 0 aliphatic carbocycles. The van der Waals surface area contributed by atoms with Crippen molar-refractivity contribution in [1.82, 2.24) is 4.90 Å². The van der Waals surface area contributed by atoms with Crippen LogP contribution >= 0.6 is 46.6 Å². The molecule has 1 saturated heterocycles. The molecule has 8 heteroatoms. The van der Waals surface area contributed by atoms with E-state index in [1.165, 1.54) is 0 Å². The number of nitrogens with zero attached hydrogens (tertiary/aromatic N) is 2. The van der Waals surface area contributed by atoms with Crippen molar-refractivity contribution in [1.29, 1.82) is 0 Å². The largest absolute Gasteiger partial charge is 0.327 e. The lowest BCUT2D eigenvalue weighted by molar-refractivity contribution is 0.235. The van der Waals surface area contributed by atoms with Gasteiger partial charge in [0.2, 0.25) is 0 Å². The molecule has 25 heavy (non-hydrogen) atoms. The monoisotopic (exact) mass is 413 g/mol. The van der Waals surface area contributed by atoms with E-state index in [0.717, 1.165) is 5.69 Å². The number of rotatable bonds is 2. The van der Waals surface area contributed by atoms with Gasteiger partial charge in [-0.3, -0.25) is 4.90 Å². The van der Waals surface area contributed by atoms with Gasteiger partial charge in [-0.25, -0.2) is 9.79 Å². The predicted molar refractivity (Wildman–Crippen MR) is 108 cm³/mol. The molecule has 0 spiro atoms. The van der Waals surface area contributed by atoms with Crippen LogP contribution in [-0.4, -0.2) is 27.9 Å². The summed E-state index contributed by atoms with van der Waals surface area (Å²) in [6, 6.07) is 11.9. The summed E-state index contributed by atoms with van der Waals surface area (Å²) >= 11 is 19.3. The molecule has 2 aromatic rings. The van der Waals surface area contributed by atoms with Gasteiger partial charge in [-0.1, -0.05) is 53.5 Å². The highest BCUT2D eigenvalue weighted by Crippen LogP contribution is 2.30. The first-order chi connectivity index (χ1) is 11.9. The van der Waals surface area contributed by atoms with Crippen LogP contribution in [0.5, 0.6) is 0 Å². The van der Waals surface area contributed by atoms with Crippen molar-refractivity contribution >= 4 is 69.1 Å². The Kier molecular flexibility index (Phi) is 5.79. The maximum absolute atomic E-state index is 12.6. The number of carbonyl (C=O) groups excluding carboxylic acids is 1. The van der Waals surface area contributed by atoms with Crippen molar-refractivity contribution in [2.45, 2.75) is 12.2 Å². The van der Waals surface area contributed by atoms with Crippen LogP contribution in [0.15, 0.2) is 47.5 Å². The zero-order valence-electron chi connectivity index (χ0n) is 13.2. The quantitative estimate of drug-likeness (QED) is 0.626. The summed E-state index contributed by atoms with van der Waals surface area (Å²) in [5.74, 6) is 0. The third-order valence-corrected chi connectivity index (χ3v) is 5.51. The summed E-state index contributed by atoms with van der Waals surface area (Å²) < 4.78 is 0. The van der Waals surface area contributed by atoms with Gasteiger partial charge in [0.05, 0.1) is 15.7 Å². The highest BCUT2D eigenvalue weighted by Gasteiger charge is 2.31. The van der Waals surface area contributed by atoms with E-state index in [-0.39, 0.29) is 11.3 Å². The smallest absolute Gasteiger partial charge is 0.307 e. The number of benzene rings is 2. The van der Waals surface area contributed by atoms with Crippen LogP contribution in [0.2, 0.25) is 15.1 Å². The molecule has 0 aromatic heterocycles. The van der Waals surface area contributed by atoms with Crippen LogP contribution in [0.1, 0.15) is 6.92 Å². The molecule has 2 aromatic carbocycles. The number of nitrogens with one attached hydrogen (secondary N) is 1. The molecule has 1 fully saturated rings. The van der Waals surface area contributed by atoms with Gasteiger partial charge < -0.3 is 5.32 Å². The van der Waals surface area contributed by atoms with Gasteiger partial charge in [-0.2, -0.15) is 0 Å². The first-order valence-corrected chi connectivity index (χ1v) is 9.48. The molecule has 130 valence electrons. The van der Waals surface area contributed by atoms with E-state index in [0.29, 0.717) is 32.5 Å². The number of halogens is 3. The van der Waals surface area contributed by atoms with Crippen molar-refractivity contribution < 1.29 is 4.79 Å². The number of hydrogen-bond acceptors (Lipinski definition) is 3. The third kappa shape index (κ3) is 4.61. The number of hydrogen-bond donors (Lipinski definition) is 1. The molecule has 2 amide bonds. The Hall–Kier alpha value is -1.40. The Morgan fingerprint density at radius 3 is 2.56 bits per heavy atom. The number of carbonyl (C=O) groups is 1. The Labute approximate surface area is 165 Å². The van der Waals surface area contributed by atoms with Crippen molar-refractivity contribution in [2.24, 2.45) is 4.99 Å². The van der Waals surface area contributed by atoms with E-state index in [1.54, 1.807) is 47.0 Å². The zero-order chi connectivity index (χ0) is 18.0. The van der Waals surface area contributed by atoms with E-state index in [4.69, 9.17) is 34.8 Å². The van der Waals surface area contributed by atoms with Crippen LogP contribution < -0.4 is 5.32 Å². The number of amidine groups is 1. The summed E-state index contributed by atoms with van der Waals surface area (Å²) in [6.07, 6.45) is 0. The van der Waals surface area contributed by atoms with Gasteiger partial charge in [0.15, 0.2) is 5.17 Å². The summed E-state index contributed by atoms with van der Waals surface area (Å²) in [7, 11) is 0. The molecule has 1 aliphatic rings. The van der Waals surface area contributed by atoms with Gasteiger partial charge >= 0.3 is 6.03 Å². The van der Waals surface area contributed by atoms with Crippen molar-refractivity contribution in [3.63, 3.8) is 0 Å². The van der Waals surface area contributed by atoms with Gasteiger partial charge in [-0.05, 0) is 42.5 Å². The minimum atomic E-state index is -0.261. The molecule has 3 rings (SSSR count). The van der Waals surface area contributed by atoms with Gasteiger partial charge in [-0.15, -0.1) is 0 Å². The number of anilines is 1. The standard InChI is InChI=1S/C17H14Cl3N3OS/c1-10-9-23(16(24)21-13-6-7-14(19)15(20)8-13)17(25-10)22-12-4-2-11(18)3-5-12/h2-8,10H,9H2,1H3,(H,21,24). The molecule has 4 nitrogen and oxygen atoms in total. The number of amides is 2. The molecule has 1 aliphatic heterocycles. The Balaban J connectivity index is 1.79. The van der Waals surface area contributed by atoms with E-state index in [2.05, 4.69) is 17.2 Å². The second-order valence-corrected chi connectivity index (χ2v) is 8.13. The second kappa shape index (κ2) is 7.87. The molecule has 0 saturated carbocycles. The summed E-state index contributed by atoms with van der Waals surface area (Å²) in [6.45, 7) is 2.62. The molecule has 0 radical (unpaired) electrons. The normalized spacial score (nSPS) is 18.6. The highest BCUT2D eigenvalue weighted by atomic mass is 35.5. The van der Waals surface area contributed by atoms with Crippen molar-refractivity contribution in [3.8, 4) is 0 Å². The fourth-order valence-electron chi connectivity index (χ4n) is 2.26. The Morgan fingerprint density at radius 2 is 1.88 bits per heavy atom. The van der Waals surface area contributed by atoms with E-state index >= 15 is 0 Å². The fourth-order valence-corrected chi connectivity index (χ4v) is 3.71. The molecule has 1 unspecified atom stereocenters. The van der Waals surface area contributed by atoms with Crippen LogP contribution in [0.25, 0.3) is 0 Å². The van der Waals surface area contributed by atoms with Gasteiger partial charge in [0.25, 0.3) is 0 Å². The topological polar surface area (TPSA) is 44.7 Å². The second-order valence-electron chi connectivity index (χ2n) is 5.47. The molecule has 1 N–H and O–H groups in total. The summed E-state index contributed by atoms with van der Waals surface area (Å²) in [5.41, 5.74) is 1.32. The van der Waals surface area contributed by atoms with Gasteiger partial charge in [0, 0.05) is 22.5 Å².